The lowest BCUT2D eigenvalue weighted by Crippen LogP contribution is -2.48. The molecule has 0 saturated carbocycles. The molecule has 1 saturated heterocycles. The third-order valence-corrected chi connectivity index (χ3v) is 4.05. The van der Waals surface area contributed by atoms with Crippen LogP contribution in [0.4, 0.5) is 5.69 Å². The van der Waals surface area contributed by atoms with Crippen molar-refractivity contribution in [2.24, 2.45) is 0 Å². The van der Waals surface area contributed by atoms with E-state index in [1.807, 2.05) is 19.1 Å². The summed E-state index contributed by atoms with van der Waals surface area (Å²) in [7, 11) is 0. The van der Waals surface area contributed by atoms with E-state index in [4.69, 9.17) is 4.74 Å². The summed E-state index contributed by atoms with van der Waals surface area (Å²) in [6.45, 7) is 12.5. The zero-order valence-electron chi connectivity index (χ0n) is 14.3. The largest absolute Gasteiger partial charge is 0.373 e. The highest BCUT2D eigenvalue weighted by atomic mass is 16.5. The summed E-state index contributed by atoms with van der Waals surface area (Å²) in [6.07, 6.45) is 0.363. The molecule has 1 aromatic rings. The Morgan fingerprint density at radius 3 is 2.55 bits per heavy atom. The van der Waals surface area contributed by atoms with Gasteiger partial charge in [0.25, 0.3) is 0 Å². The second-order valence-corrected chi connectivity index (χ2v) is 6.69. The molecule has 0 bridgehead atoms. The minimum absolute atomic E-state index is 0.0532. The maximum Gasteiger partial charge on any atom is 0.238 e. The van der Waals surface area contributed by atoms with Gasteiger partial charge in [0.1, 0.15) is 0 Å². The summed E-state index contributed by atoms with van der Waals surface area (Å²) in [5, 5.41) is 3.12. The average Bonchev–Trinajstić information content (AvgIpc) is 2.39. The van der Waals surface area contributed by atoms with Crippen molar-refractivity contribution >= 4 is 11.6 Å². The fourth-order valence-electron chi connectivity index (χ4n) is 3.14. The van der Waals surface area contributed by atoms with E-state index >= 15 is 0 Å². The molecule has 2 rings (SSSR count). The topological polar surface area (TPSA) is 41.6 Å². The number of rotatable bonds is 4. The summed E-state index contributed by atoms with van der Waals surface area (Å²) < 4.78 is 5.71. The Hall–Kier alpha value is -1.39. The summed E-state index contributed by atoms with van der Waals surface area (Å²) in [5.74, 6) is 0.441. The highest BCUT2D eigenvalue weighted by Gasteiger charge is 2.24. The van der Waals surface area contributed by atoms with E-state index in [0.717, 1.165) is 24.3 Å². The Morgan fingerprint density at radius 2 is 1.95 bits per heavy atom. The summed E-state index contributed by atoms with van der Waals surface area (Å²) in [4.78, 5) is 14.6. The highest BCUT2D eigenvalue weighted by Crippen LogP contribution is 2.27. The Morgan fingerprint density at radius 1 is 1.32 bits per heavy atom. The van der Waals surface area contributed by atoms with Gasteiger partial charge in [-0.15, -0.1) is 0 Å². The van der Waals surface area contributed by atoms with Gasteiger partial charge < -0.3 is 10.1 Å². The SMILES string of the molecule is Cc1cccc(C(C)C)c1NC(=O)CN1C[C@@H](C)O[C@H](C)C1. The number of aryl methyl sites for hydroxylation is 1. The molecule has 0 aromatic heterocycles. The smallest absolute Gasteiger partial charge is 0.238 e. The number of nitrogens with zero attached hydrogens (tertiary/aromatic N) is 1. The van der Waals surface area contributed by atoms with E-state index in [9.17, 15) is 4.79 Å². The summed E-state index contributed by atoms with van der Waals surface area (Å²) >= 11 is 0. The average molecular weight is 304 g/mol. The molecule has 1 fully saturated rings. The first-order chi connectivity index (χ1) is 10.4. The number of nitrogens with one attached hydrogen (secondary N) is 1. The van der Waals surface area contributed by atoms with Crippen molar-refractivity contribution < 1.29 is 9.53 Å². The molecule has 0 aliphatic carbocycles. The van der Waals surface area contributed by atoms with Crippen LogP contribution >= 0.6 is 0 Å². The quantitative estimate of drug-likeness (QED) is 0.929. The molecule has 1 amide bonds. The van der Waals surface area contributed by atoms with Crippen molar-refractivity contribution in [3.63, 3.8) is 0 Å². The molecule has 0 spiro atoms. The van der Waals surface area contributed by atoms with Crippen molar-refractivity contribution in [3.8, 4) is 0 Å². The van der Waals surface area contributed by atoms with Gasteiger partial charge in [-0.25, -0.2) is 0 Å². The zero-order chi connectivity index (χ0) is 16.3. The third-order valence-electron chi connectivity index (χ3n) is 4.05. The lowest BCUT2D eigenvalue weighted by molar-refractivity contribution is -0.121. The van der Waals surface area contributed by atoms with Gasteiger partial charge in [0, 0.05) is 18.8 Å². The van der Waals surface area contributed by atoms with Crippen molar-refractivity contribution in [1.29, 1.82) is 0 Å². The number of anilines is 1. The Balaban J connectivity index is 2.03. The number of benzene rings is 1. The van der Waals surface area contributed by atoms with Crippen LogP contribution in [0.1, 0.15) is 44.7 Å². The van der Waals surface area contributed by atoms with Crippen LogP contribution in [-0.4, -0.2) is 42.6 Å². The molecular weight excluding hydrogens is 276 g/mol. The van der Waals surface area contributed by atoms with Gasteiger partial charge in [-0.3, -0.25) is 9.69 Å². The molecule has 22 heavy (non-hydrogen) atoms. The minimum Gasteiger partial charge on any atom is -0.373 e. The normalized spacial score (nSPS) is 22.8. The maximum atomic E-state index is 12.4. The molecule has 1 aromatic carbocycles. The summed E-state index contributed by atoms with van der Waals surface area (Å²) in [5.41, 5.74) is 3.28. The number of amides is 1. The predicted octanol–water partition coefficient (Wildman–Crippen LogP) is 3.17. The van der Waals surface area contributed by atoms with Crippen LogP contribution in [0.15, 0.2) is 18.2 Å². The number of para-hydroxylation sites is 1. The number of hydrogen-bond acceptors (Lipinski definition) is 3. The second-order valence-electron chi connectivity index (χ2n) is 6.69. The zero-order valence-corrected chi connectivity index (χ0v) is 14.3. The molecule has 1 aliphatic heterocycles. The van der Waals surface area contributed by atoms with Gasteiger partial charge in [-0.2, -0.15) is 0 Å². The fraction of sp³-hybridized carbons (Fsp3) is 0.611. The van der Waals surface area contributed by atoms with E-state index in [1.165, 1.54) is 5.56 Å². The molecule has 4 heteroatoms. The standard InChI is InChI=1S/C18H28N2O2/c1-12(2)16-8-6-7-13(3)18(16)19-17(21)11-20-9-14(4)22-15(5)10-20/h6-8,12,14-15H,9-11H2,1-5H3,(H,19,21)/t14-,15-/m1/s1. The van der Waals surface area contributed by atoms with Crippen LogP contribution < -0.4 is 5.32 Å². The molecule has 1 aliphatic rings. The Kier molecular flexibility index (Phi) is 5.59. The van der Waals surface area contributed by atoms with E-state index in [1.54, 1.807) is 0 Å². The maximum absolute atomic E-state index is 12.4. The van der Waals surface area contributed by atoms with Gasteiger partial charge in [-0.1, -0.05) is 32.0 Å². The molecular formula is C18H28N2O2. The number of carbonyl (C=O) groups excluding carboxylic acids is 1. The first kappa shape index (κ1) is 17.0. The van der Waals surface area contributed by atoms with Crippen LogP contribution in [-0.2, 0) is 9.53 Å². The van der Waals surface area contributed by atoms with Crippen LogP contribution in [0.2, 0.25) is 0 Å². The van der Waals surface area contributed by atoms with E-state index < -0.39 is 0 Å². The first-order valence-electron chi connectivity index (χ1n) is 8.14. The molecule has 2 atom stereocenters. The van der Waals surface area contributed by atoms with Gasteiger partial charge in [-0.05, 0) is 37.8 Å². The third kappa shape index (κ3) is 4.31. The lowest BCUT2D eigenvalue weighted by atomic mass is 9.98. The van der Waals surface area contributed by atoms with Gasteiger partial charge in [0.05, 0.1) is 18.8 Å². The van der Waals surface area contributed by atoms with Gasteiger partial charge in [0.2, 0.25) is 5.91 Å². The Labute approximate surface area is 133 Å². The van der Waals surface area contributed by atoms with Gasteiger partial charge in [0.15, 0.2) is 0 Å². The van der Waals surface area contributed by atoms with E-state index in [2.05, 4.69) is 44.0 Å². The Bertz CT molecular complexity index is 518. The van der Waals surface area contributed by atoms with Crippen molar-refractivity contribution in [1.82, 2.24) is 4.90 Å². The van der Waals surface area contributed by atoms with E-state index in [-0.39, 0.29) is 18.1 Å². The number of hydrogen-bond donors (Lipinski definition) is 1. The molecule has 0 unspecified atom stereocenters. The van der Waals surface area contributed by atoms with Crippen LogP contribution in [0, 0.1) is 6.92 Å². The molecule has 122 valence electrons. The lowest BCUT2D eigenvalue weighted by Gasteiger charge is -2.34. The molecule has 4 nitrogen and oxygen atoms in total. The number of ether oxygens (including phenoxy) is 1. The first-order valence-corrected chi connectivity index (χ1v) is 8.14. The van der Waals surface area contributed by atoms with Crippen molar-refractivity contribution in [3.05, 3.63) is 29.3 Å². The molecule has 1 N–H and O–H groups in total. The fourth-order valence-corrected chi connectivity index (χ4v) is 3.14. The number of morpholine rings is 1. The second kappa shape index (κ2) is 7.25. The van der Waals surface area contributed by atoms with Crippen molar-refractivity contribution in [2.45, 2.75) is 52.7 Å². The monoisotopic (exact) mass is 304 g/mol. The van der Waals surface area contributed by atoms with Crippen molar-refractivity contribution in [2.75, 3.05) is 25.0 Å². The minimum atomic E-state index is 0.0532. The highest BCUT2D eigenvalue weighted by molar-refractivity contribution is 5.93. The van der Waals surface area contributed by atoms with Crippen LogP contribution in [0.5, 0.6) is 0 Å². The molecule has 1 heterocycles. The van der Waals surface area contributed by atoms with Crippen LogP contribution in [0.25, 0.3) is 0 Å². The molecule has 0 radical (unpaired) electrons. The number of carbonyl (C=O) groups is 1. The van der Waals surface area contributed by atoms with Gasteiger partial charge >= 0.3 is 0 Å². The summed E-state index contributed by atoms with van der Waals surface area (Å²) in [6, 6.07) is 6.18. The van der Waals surface area contributed by atoms with E-state index in [0.29, 0.717) is 12.5 Å². The van der Waals surface area contributed by atoms with Crippen LogP contribution in [0.3, 0.4) is 0 Å². The predicted molar refractivity (Wildman–Crippen MR) is 90.3 cm³/mol.